The second-order valence-corrected chi connectivity index (χ2v) is 36.1. The van der Waals surface area contributed by atoms with E-state index >= 15 is 0 Å². The number of benzene rings is 2. The maximum atomic E-state index is 6.47. The van der Waals surface area contributed by atoms with Gasteiger partial charge in [0, 0.05) is 25.3 Å². The number of ether oxygens (including phenoxy) is 8. The molecule has 0 atom stereocenters. The van der Waals surface area contributed by atoms with Gasteiger partial charge in [-0.25, -0.2) is 9.97 Å². The number of unbranched alkanes of at least 4 members (excludes halogenated alkanes) is 18. The summed E-state index contributed by atoms with van der Waals surface area (Å²) >= 11 is 0. The van der Waals surface area contributed by atoms with Crippen LogP contribution in [0.15, 0.2) is 72.8 Å². The molecule has 546 valence electrons. The number of nitrogens with zero attached hydrogens (tertiary/aromatic N) is 4. The molecule has 5 heterocycles. The molecule has 0 radical (unpaired) electrons. The zero-order chi connectivity index (χ0) is 70.6. The molecular formula is C86H124N4O8Si2Zn. The van der Waals surface area contributed by atoms with Gasteiger partial charge < -0.3 is 47.9 Å². The monoisotopic (exact) mass is 1460 g/mol. The molecule has 0 amide bonds. The van der Waals surface area contributed by atoms with Crippen LogP contribution in [0, 0.1) is 22.9 Å². The van der Waals surface area contributed by atoms with E-state index < -0.39 is 16.1 Å². The van der Waals surface area contributed by atoms with Gasteiger partial charge >= 0.3 is 19.5 Å². The summed E-state index contributed by atoms with van der Waals surface area (Å²) < 4.78 is 46.4. The van der Waals surface area contributed by atoms with Crippen LogP contribution in [0.1, 0.15) is 230 Å². The number of hydrogen-bond acceptors (Lipinski definition) is 10. The van der Waals surface area contributed by atoms with Crippen molar-refractivity contribution in [3.05, 3.63) is 107 Å². The zero-order valence-electron chi connectivity index (χ0n) is 63.7. The maximum Gasteiger partial charge on any atom is 2.00 e. The van der Waals surface area contributed by atoms with Crippen molar-refractivity contribution in [1.29, 1.82) is 0 Å². The quantitative estimate of drug-likeness (QED) is 0.0205. The molecule has 0 fully saturated rings. The molecule has 101 heavy (non-hydrogen) atoms. The molecule has 0 N–H and O–H groups in total. The molecule has 12 nitrogen and oxygen atoms in total. The molecule has 0 spiro atoms. The summed E-state index contributed by atoms with van der Waals surface area (Å²) in [6.07, 6.45) is 38.4. The molecule has 7 rings (SSSR count). The van der Waals surface area contributed by atoms with Crippen LogP contribution in [0.2, 0.25) is 36.3 Å². The molecule has 2 aliphatic heterocycles. The largest absolute Gasteiger partial charge is 2.00 e. The predicted molar refractivity (Wildman–Crippen MR) is 425 cm³/mol. The fourth-order valence-electron chi connectivity index (χ4n) is 13.6. The number of fused-ring (bicyclic) bond motifs is 8. The smallest absolute Gasteiger partial charge is 0.656 e. The molecular weight excluding hydrogens is 1340 g/mol. The first-order chi connectivity index (χ1) is 49.2. The summed E-state index contributed by atoms with van der Waals surface area (Å²) in [4.78, 5) is 22.9. The Kier molecular flexibility index (Phi) is 41.9. The SMILES string of the molecule is CCCCCC[Si](C#Cc1c2nc(c(-c3cccc(OCCOCCOCCOC)c3)c3ccc([n-]3)c(C#C[Si](CCCCCC)(CCCCCC)CCCCCC)c3nc(c(-c4cccc(OCCOCCOCCOC)c4)c4ccc1[n-]4)C=C3)C=C2)(CCCCCC)CCCCCC.[Zn+2]. The molecule has 15 heteroatoms. The van der Waals surface area contributed by atoms with Crippen LogP contribution in [-0.4, -0.2) is 120 Å². The van der Waals surface area contributed by atoms with Crippen molar-refractivity contribution < 1.29 is 57.4 Å². The summed E-state index contributed by atoms with van der Waals surface area (Å²) in [5.74, 6) is 9.56. The van der Waals surface area contributed by atoms with E-state index in [2.05, 4.69) is 149 Å². The van der Waals surface area contributed by atoms with Crippen molar-refractivity contribution in [3.63, 3.8) is 0 Å². The van der Waals surface area contributed by atoms with Crippen molar-refractivity contribution in [3.8, 4) is 56.7 Å². The third kappa shape index (κ3) is 29.2. The van der Waals surface area contributed by atoms with E-state index in [1.807, 2.05) is 12.1 Å². The van der Waals surface area contributed by atoms with E-state index in [-0.39, 0.29) is 19.5 Å². The molecule has 5 aromatic rings. The molecule has 8 bridgehead atoms. The van der Waals surface area contributed by atoms with Gasteiger partial charge in [0.1, 0.15) is 40.9 Å². The maximum absolute atomic E-state index is 6.47. The van der Waals surface area contributed by atoms with Crippen LogP contribution in [0.3, 0.4) is 0 Å². The Labute approximate surface area is 624 Å². The van der Waals surface area contributed by atoms with Crippen molar-refractivity contribution in [2.75, 3.05) is 93.5 Å². The van der Waals surface area contributed by atoms with Gasteiger partial charge in [-0.2, -0.15) is 0 Å². The number of methoxy groups -OCH3 is 2. The third-order valence-electron chi connectivity index (χ3n) is 19.4. The first kappa shape index (κ1) is 84.5. The minimum Gasteiger partial charge on any atom is -0.656 e. The van der Waals surface area contributed by atoms with Gasteiger partial charge in [-0.3, -0.25) is 0 Å². The van der Waals surface area contributed by atoms with Gasteiger partial charge in [0.05, 0.1) is 88.8 Å². The van der Waals surface area contributed by atoms with Gasteiger partial charge in [0.25, 0.3) is 0 Å². The van der Waals surface area contributed by atoms with Gasteiger partial charge in [-0.15, -0.1) is 33.2 Å². The van der Waals surface area contributed by atoms with Crippen molar-refractivity contribution >= 4 is 62.5 Å². The van der Waals surface area contributed by atoms with Crippen LogP contribution in [0.4, 0.5) is 0 Å². The van der Waals surface area contributed by atoms with E-state index in [4.69, 9.17) is 57.8 Å². The number of aromatic nitrogens is 4. The van der Waals surface area contributed by atoms with E-state index in [9.17, 15) is 0 Å². The Morgan fingerprint density at radius 3 is 0.950 bits per heavy atom. The number of hydrogen-bond donors (Lipinski definition) is 0. The molecule has 0 saturated heterocycles. The van der Waals surface area contributed by atoms with Gasteiger partial charge in [-0.05, 0) is 107 Å². The van der Waals surface area contributed by atoms with E-state index in [1.165, 1.54) is 190 Å². The van der Waals surface area contributed by atoms with Crippen molar-refractivity contribution in [2.45, 2.75) is 232 Å². The van der Waals surface area contributed by atoms with Gasteiger partial charge in [0.15, 0.2) is 0 Å². The third-order valence-corrected chi connectivity index (χ3v) is 28.6. The summed E-state index contributed by atoms with van der Waals surface area (Å²) in [5, 5.41) is 0. The van der Waals surface area contributed by atoms with Gasteiger partial charge in [-0.1, -0.05) is 256 Å². The molecule has 0 aliphatic carbocycles. The zero-order valence-corrected chi connectivity index (χ0v) is 68.7. The van der Waals surface area contributed by atoms with Crippen LogP contribution in [0.25, 0.3) is 68.6 Å². The van der Waals surface area contributed by atoms with Crippen molar-refractivity contribution in [2.24, 2.45) is 0 Å². The van der Waals surface area contributed by atoms with E-state index in [0.29, 0.717) is 79.3 Å². The number of rotatable bonds is 52. The van der Waals surface area contributed by atoms with Crippen molar-refractivity contribution in [1.82, 2.24) is 19.9 Å². The first-order valence-corrected chi connectivity index (χ1v) is 44.4. The molecule has 2 aromatic carbocycles. The fraction of sp³-hybridized carbons (Fsp3) is 0.581. The Morgan fingerprint density at radius 1 is 0.337 bits per heavy atom. The second kappa shape index (κ2) is 50.1. The Morgan fingerprint density at radius 2 is 0.634 bits per heavy atom. The van der Waals surface area contributed by atoms with Crippen LogP contribution < -0.4 is 19.4 Å². The minimum atomic E-state index is -2.16. The molecule has 3 aromatic heterocycles. The van der Waals surface area contributed by atoms with Gasteiger partial charge in [0.2, 0.25) is 0 Å². The van der Waals surface area contributed by atoms with Crippen LogP contribution in [-0.2, 0) is 47.9 Å². The average molecular weight is 1460 g/mol. The summed E-state index contributed by atoms with van der Waals surface area (Å²) in [6, 6.07) is 32.7. The normalized spacial score (nSPS) is 12.0. The molecule has 0 saturated carbocycles. The first-order valence-electron chi connectivity index (χ1n) is 39.1. The second-order valence-electron chi connectivity index (χ2n) is 27.5. The minimum absolute atomic E-state index is 0. The standard InChI is InChI=1S/C86H124N4O8Si2.Zn/c1-9-15-21-27-61-99(62-28-22-16-10-2,63-29-23-17-11-3)67-47-75-77-39-43-81(87-77)85(71-35-33-37-73(69-71)97-59-57-95-55-53-93-51-49-91-7)83-45-41-79(89-83)76(48-68-100(64-30-24-18-12-4,65-31-25-19-13-5)66-32-26-20-14-6)80-42-46-84(90-80)86(82-44-40-78(75)88-82)72-36-34-38-74(70-72)98-60-58-96-56-54-94-52-50-92-8;/h33-46,69-70H,9-32,49-66H2,1-8H3;/q-2;+2. The fourth-order valence-corrected chi connectivity index (χ4v) is 22.2. The topological polar surface area (TPSA) is 128 Å². The predicted octanol–water partition coefficient (Wildman–Crippen LogP) is 21.5. The van der Waals surface area contributed by atoms with E-state index in [0.717, 1.165) is 89.7 Å². The summed E-state index contributed by atoms with van der Waals surface area (Å²) in [6.45, 7) is 19.7. The Hall–Kier alpha value is -5.42. The summed E-state index contributed by atoms with van der Waals surface area (Å²) in [5.41, 5.74) is 20.4. The Balaban J connectivity index is 0.0000161. The summed E-state index contributed by atoms with van der Waals surface area (Å²) in [7, 11) is -0.972. The average Bonchev–Trinajstić information content (AvgIpc) is 1.64. The molecule has 2 aliphatic rings. The Bertz CT molecular complexity index is 3230. The molecule has 0 unspecified atom stereocenters. The van der Waals surface area contributed by atoms with E-state index in [1.54, 1.807) is 14.2 Å². The van der Waals surface area contributed by atoms with Crippen LogP contribution in [0.5, 0.6) is 11.5 Å². The van der Waals surface area contributed by atoms with Crippen LogP contribution >= 0.6 is 0 Å².